The van der Waals surface area contributed by atoms with Crippen molar-refractivity contribution < 1.29 is 29.0 Å². The number of esters is 1. The number of anilines is 1. The number of rotatable bonds is 5. The summed E-state index contributed by atoms with van der Waals surface area (Å²) in [6.45, 7) is -0.379. The van der Waals surface area contributed by atoms with Gasteiger partial charge in [0.05, 0.1) is 17.7 Å². The van der Waals surface area contributed by atoms with Gasteiger partial charge in [0.1, 0.15) is 5.75 Å². The number of hydrogen-bond donors (Lipinski definition) is 2. The number of carbonyl (C=O) groups excluding carboxylic acids is 3. The van der Waals surface area contributed by atoms with Crippen LogP contribution in [0, 0.1) is 17.3 Å². The Balaban J connectivity index is 1.20. The molecule has 1 heterocycles. The minimum Gasteiger partial charge on any atom is -0.482 e. The molecule has 4 saturated carbocycles. The fourth-order valence-electron chi connectivity index (χ4n) is 6.45. The van der Waals surface area contributed by atoms with Crippen LogP contribution in [0.25, 0.3) is 0 Å². The average molecular weight is 399 g/mol. The summed E-state index contributed by atoms with van der Waals surface area (Å²) < 4.78 is 10.6. The summed E-state index contributed by atoms with van der Waals surface area (Å²) in [4.78, 5) is 36.4. The van der Waals surface area contributed by atoms with E-state index in [1.54, 1.807) is 12.1 Å². The first-order chi connectivity index (χ1) is 13.8. The number of amides is 1. The molecule has 1 aliphatic heterocycles. The highest BCUT2D eigenvalue weighted by molar-refractivity contribution is 6.01. The van der Waals surface area contributed by atoms with Crippen molar-refractivity contribution in [2.45, 2.75) is 50.5 Å². The zero-order valence-corrected chi connectivity index (χ0v) is 16.2. The predicted octanol–water partition coefficient (Wildman–Crippen LogP) is 2.46. The van der Waals surface area contributed by atoms with Gasteiger partial charge in [-0.2, -0.15) is 0 Å². The van der Waals surface area contributed by atoms with E-state index in [-0.39, 0.29) is 42.7 Å². The molecule has 154 valence electrons. The van der Waals surface area contributed by atoms with E-state index in [1.807, 2.05) is 0 Å². The first kappa shape index (κ1) is 18.6. The van der Waals surface area contributed by atoms with E-state index < -0.39 is 5.60 Å². The van der Waals surface area contributed by atoms with Gasteiger partial charge in [0.15, 0.2) is 19.0 Å². The van der Waals surface area contributed by atoms with Gasteiger partial charge in [0, 0.05) is 5.56 Å². The Bertz CT molecular complexity index is 879. The van der Waals surface area contributed by atoms with Crippen molar-refractivity contribution in [1.82, 2.24) is 0 Å². The predicted molar refractivity (Wildman–Crippen MR) is 103 cm³/mol. The Morgan fingerprint density at radius 1 is 1.21 bits per heavy atom. The molecule has 0 spiro atoms. The van der Waals surface area contributed by atoms with Crippen LogP contribution in [0.1, 0.15) is 55.3 Å². The molecule has 1 amide bonds. The molecule has 4 aliphatic carbocycles. The van der Waals surface area contributed by atoms with Gasteiger partial charge in [0.2, 0.25) is 0 Å². The fourth-order valence-corrected chi connectivity index (χ4v) is 6.45. The largest absolute Gasteiger partial charge is 0.482 e. The van der Waals surface area contributed by atoms with Gasteiger partial charge in [-0.1, -0.05) is 0 Å². The SMILES string of the molecule is O=C1COc2ccc(C(=O)COC(=O)CC34C[C@@H]5C[C@@H](CC(O)(C5)C3)C4)cc2N1. The minimum absolute atomic E-state index is 0.0451. The monoisotopic (exact) mass is 399 g/mol. The molecular weight excluding hydrogens is 374 g/mol. The molecule has 6 rings (SSSR count). The van der Waals surface area contributed by atoms with Crippen molar-refractivity contribution >= 4 is 23.3 Å². The maximum absolute atomic E-state index is 12.5. The molecule has 4 atom stereocenters. The van der Waals surface area contributed by atoms with E-state index in [2.05, 4.69) is 5.32 Å². The van der Waals surface area contributed by atoms with Crippen molar-refractivity contribution in [3.8, 4) is 5.75 Å². The zero-order chi connectivity index (χ0) is 20.2. The van der Waals surface area contributed by atoms with E-state index in [0.29, 0.717) is 35.3 Å². The Labute approximate surface area is 168 Å². The maximum atomic E-state index is 12.5. The third-order valence-electron chi connectivity index (χ3n) is 6.97. The lowest BCUT2D eigenvalue weighted by molar-refractivity contribution is -0.176. The van der Waals surface area contributed by atoms with E-state index >= 15 is 0 Å². The number of fused-ring (bicyclic) bond motifs is 1. The van der Waals surface area contributed by atoms with Gasteiger partial charge in [-0.25, -0.2) is 0 Å². The fraction of sp³-hybridized carbons (Fsp3) is 0.591. The molecule has 0 saturated heterocycles. The Hall–Kier alpha value is -2.41. The normalized spacial score (nSPS) is 34.2. The van der Waals surface area contributed by atoms with Crippen LogP contribution in [-0.2, 0) is 14.3 Å². The molecular formula is C22H25NO6. The molecule has 29 heavy (non-hydrogen) atoms. The topological polar surface area (TPSA) is 102 Å². The summed E-state index contributed by atoms with van der Waals surface area (Å²) in [5.41, 5.74) is 0.00841. The smallest absolute Gasteiger partial charge is 0.306 e. The van der Waals surface area contributed by atoms with E-state index in [0.717, 1.165) is 32.1 Å². The molecule has 0 radical (unpaired) electrons. The standard InChI is InChI=1S/C22H25NO6/c24-17(15-1-2-18-16(4-15)23-19(25)11-28-18)10-29-20(26)9-21-5-13-3-14(6-21)8-22(27,7-13)12-21/h1-2,4,13-14,27H,3,5-12H2,(H,23,25)/t13-,14+,21?,22?. The summed E-state index contributed by atoms with van der Waals surface area (Å²) in [5.74, 6) is 0.541. The Morgan fingerprint density at radius 3 is 2.69 bits per heavy atom. The van der Waals surface area contributed by atoms with Gasteiger partial charge in [-0.05, 0) is 74.0 Å². The number of benzene rings is 1. The molecule has 1 aromatic rings. The van der Waals surface area contributed by atoms with Gasteiger partial charge in [-0.15, -0.1) is 0 Å². The van der Waals surface area contributed by atoms with Crippen LogP contribution in [0.4, 0.5) is 5.69 Å². The van der Waals surface area contributed by atoms with Crippen LogP contribution >= 0.6 is 0 Å². The number of ether oxygens (including phenoxy) is 2. The highest BCUT2D eigenvalue weighted by Crippen LogP contribution is 2.62. The highest BCUT2D eigenvalue weighted by atomic mass is 16.5. The number of carbonyl (C=O) groups is 3. The second kappa shape index (κ2) is 6.55. The third-order valence-corrected chi connectivity index (χ3v) is 6.97. The van der Waals surface area contributed by atoms with E-state index in [1.165, 1.54) is 6.07 Å². The number of Topliss-reactive ketones (excluding diaryl/α,β-unsaturated/α-hetero) is 1. The summed E-state index contributed by atoms with van der Waals surface area (Å²) >= 11 is 0. The molecule has 2 N–H and O–H groups in total. The summed E-state index contributed by atoms with van der Waals surface area (Å²) in [5, 5.41) is 13.5. The lowest BCUT2D eigenvalue weighted by atomic mass is 9.47. The molecule has 7 heteroatoms. The lowest BCUT2D eigenvalue weighted by Gasteiger charge is -2.60. The zero-order valence-electron chi connectivity index (χ0n) is 16.2. The quantitative estimate of drug-likeness (QED) is 0.583. The Kier molecular flexibility index (Phi) is 4.21. The molecule has 4 fully saturated rings. The number of nitrogens with one attached hydrogen (secondary N) is 1. The number of aliphatic hydroxyl groups is 1. The third kappa shape index (κ3) is 3.52. The van der Waals surface area contributed by atoms with Crippen LogP contribution in [0.15, 0.2) is 18.2 Å². The Morgan fingerprint density at radius 2 is 1.97 bits per heavy atom. The van der Waals surface area contributed by atoms with Crippen LogP contribution < -0.4 is 10.1 Å². The molecule has 0 aromatic heterocycles. The van der Waals surface area contributed by atoms with Crippen molar-refractivity contribution in [1.29, 1.82) is 0 Å². The van der Waals surface area contributed by atoms with E-state index in [9.17, 15) is 19.5 Å². The molecule has 5 aliphatic rings. The summed E-state index contributed by atoms with van der Waals surface area (Å²) in [7, 11) is 0. The maximum Gasteiger partial charge on any atom is 0.306 e. The highest BCUT2D eigenvalue weighted by Gasteiger charge is 2.57. The van der Waals surface area contributed by atoms with Gasteiger partial charge < -0.3 is 19.9 Å². The van der Waals surface area contributed by atoms with Gasteiger partial charge in [-0.3, -0.25) is 14.4 Å². The summed E-state index contributed by atoms with van der Waals surface area (Å²) in [6, 6.07) is 4.76. The second-order valence-corrected chi connectivity index (χ2v) is 9.49. The van der Waals surface area contributed by atoms with Crippen LogP contribution in [0.3, 0.4) is 0 Å². The van der Waals surface area contributed by atoms with Crippen molar-refractivity contribution in [3.05, 3.63) is 23.8 Å². The minimum atomic E-state index is -0.615. The van der Waals surface area contributed by atoms with Crippen molar-refractivity contribution in [2.75, 3.05) is 18.5 Å². The van der Waals surface area contributed by atoms with Crippen LogP contribution in [0.2, 0.25) is 0 Å². The van der Waals surface area contributed by atoms with Crippen molar-refractivity contribution in [3.63, 3.8) is 0 Å². The number of ketones is 1. The van der Waals surface area contributed by atoms with E-state index in [4.69, 9.17) is 9.47 Å². The molecule has 2 unspecified atom stereocenters. The first-order valence-corrected chi connectivity index (χ1v) is 10.3. The lowest BCUT2D eigenvalue weighted by Crippen LogP contribution is -2.56. The number of hydrogen-bond acceptors (Lipinski definition) is 6. The molecule has 7 nitrogen and oxygen atoms in total. The molecule has 1 aromatic carbocycles. The van der Waals surface area contributed by atoms with Crippen molar-refractivity contribution in [2.24, 2.45) is 17.3 Å². The van der Waals surface area contributed by atoms with Gasteiger partial charge >= 0.3 is 5.97 Å². The first-order valence-electron chi connectivity index (χ1n) is 10.3. The van der Waals surface area contributed by atoms with Crippen LogP contribution in [0.5, 0.6) is 5.75 Å². The van der Waals surface area contributed by atoms with Crippen LogP contribution in [-0.4, -0.2) is 41.6 Å². The summed E-state index contributed by atoms with van der Waals surface area (Å²) in [6.07, 6.45) is 5.76. The molecule has 4 bridgehead atoms. The average Bonchev–Trinajstić information content (AvgIpc) is 2.63. The van der Waals surface area contributed by atoms with Gasteiger partial charge in [0.25, 0.3) is 5.91 Å². The second-order valence-electron chi connectivity index (χ2n) is 9.49.